The van der Waals surface area contributed by atoms with E-state index >= 15 is 0 Å². The number of rotatable bonds is 7. The summed E-state index contributed by atoms with van der Waals surface area (Å²) in [5.74, 6) is 0.629. The van der Waals surface area contributed by atoms with Gasteiger partial charge in [0.05, 0.1) is 6.54 Å². The monoisotopic (exact) mass is 288 g/mol. The summed E-state index contributed by atoms with van der Waals surface area (Å²) in [6.45, 7) is 1.96. The first kappa shape index (κ1) is 15.3. The summed E-state index contributed by atoms with van der Waals surface area (Å²) in [6, 6.07) is 14.4. The van der Waals surface area contributed by atoms with Crippen LogP contribution >= 0.6 is 0 Å². The molecule has 0 aliphatic heterocycles. The molecule has 112 valence electrons. The fourth-order valence-electron chi connectivity index (χ4n) is 2.04. The van der Waals surface area contributed by atoms with Gasteiger partial charge in [-0.1, -0.05) is 12.1 Å². The number of likely N-dealkylation sites (N-methyl/N-ethyl adjacent to an activating group) is 1. The lowest BCUT2D eigenvalue weighted by Crippen LogP contribution is -2.23. The highest BCUT2D eigenvalue weighted by Crippen LogP contribution is 2.14. The lowest BCUT2D eigenvalue weighted by molar-refractivity contribution is 0.326. The molecule has 0 aliphatic carbocycles. The molecule has 0 fully saturated rings. The van der Waals surface area contributed by atoms with E-state index in [0.29, 0.717) is 13.2 Å². The Balaban J connectivity index is 1.79. The van der Waals surface area contributed by atoms with Gasteiger partial charge in [-0.25, -0.2) is 4.39 Å². The molecular weight excluding hydrogens is 267 g/mol. The largest absolute Gasteiger partial charge is 0.492 e. The van der Waals surface area contributed by atoms with Gasteiger partial charge in [-0.2, -0.15) is 0 Å². The number of hydrogen-bond donors (Lipinski definition) is 1. The topological polar surface area (TPSA) is 38.5 Å². The maximum Gasteiger partial charge on any atom is 0.123 e. The van der Waals surface area contributed by atoms with Gasteiger partial charge in [0.25, 0.3) is 0 Å². The average molecular weight is 288 g/mol. The maximum absolute atomic E-state index is 12.9. The first-order valence-electron chi connectivity index (χ1n) is 7.07. The van der Waals surface area contributed by atoms with Crippen molar-refractivity contribution in [2.45, 2.75) is 6.42 Å². The maximum atomic E-state index is 12.9. The van der Waals surface area contributed by atoms with E-state index in [1.165, 1.54) is 17.7 Å². The highest BCUT2D eigenvalue weighted by molar-refractivity contribution is 5.45. The number of halogens is 1. The van der Waals surface area contributed by atoms with Crippen LogP contribution in [0.4, 0.5) is 10.1 Å². The van der Waals surface area contributed by atoms with Crippen LogP contribution < -0.4 is 15.4 Å². The van der Waals surface area contributed by atoms with E-state index in [0.717, 1.165) is 24.4 Å². The van der Waals surface area contributed by atoms with Crippen molar-refractivity contribution in [2.75, 3.05) is 31.6 Å². The Labute approximate surface area is 125 Å². The summed E-state index contributed by atoms with van der Waals surface area (Å²) in [5, 5.41) is 0. The first-order valence-corrected chi connectivity index (χ1v) is 7.07. The van der Waals surface area contributed by atoms with Crippen LogP contribution in [0.1, 0.15) is 5.56 Å². The molecule has 0 bridgehead atoms. The zero-order valence-corrected chi connectivity index (χ0v) is 12.3. The minimum Gasteiger partial charge on any atom is -0.492 e. The van der Waals surface area contributed by atoms with Crippen molar-refractivity contribution in [3.63, 3.8) is 0 Å². The number of hydrogen-bond acceptors (Lipinski definition) is 3. The van der Waals surface area contributed by atoms with Crippen molar-refractivity contribution in [2.24, 2.45) is 5.73 Å². The molecule has 2 aromatic rings. The first-order chi connectivity index (χ1) is 10.2. The summed E-state index contributed by atoms with van der Waals surface area (Å²) >= 11 is 0. The third kappa shape index (κ3) is 4.76. The van der Waals surface area contributed by atoms with Gasteiger partial charge in [-0.05, 0) is 54.9 Å². The molecule has 0 unspecified atom stereocenters. The van der Waals surface area contributed by atoms with Gasteiger partial charge in [0.1, 0.15) is 18.2 Å². The molecule has 0 aliphatic rings. The molecule has 2 aromatic carbocycles. The van der Waals surface area contributed by atoms with Gasteiger partial charge >= 0.3 is 0 Å². The molecule has 0 aromatic heterocycles. The van der Waals surface area contributed by atoms with Crippen LogP contribution in [0.5, 0.6) is 5.75 Å². The van der Waals surface area contributed by atoms with E-state index < -0.39 is 0 Å². The Bertz CT molecular complexity index is 540. The molecule has 21 heavy (non-hydrogen) atoms. The van der Waals surface area contributed by atoms with Gasteiger partial charge in [-0.3, -0.25) is 0 Å². The van der Waals surface area contributed by atoms with E-state index in [4.69, 9.17) is 10.5 Å². The van der Waals surface area contributed by atoms with E-state index in [1.807, 2.05) is 36.2 Å². The highest BCUT2D eigenvalue weighted by atomic mass is 19.1. The van der Waals surface area contributed by atoms with Crippen molar-refractivity contribution in [1.29, 1.82) is 0 Å². The van der Waals surface area contributed by atoms with Crippen LogP contribution in [0.2, 0.25) is 0 Å². The Morgan fingerprint density at radius 2 is 1.71 bits per heavy atom. The lowest BCUT2D eigenvalue weighted by Gasteiger charge is -2.19. The van der Waals surface area contributed by atoms with Crippen molar-refractivity contribution >= 4 is 5.69 Å². The normalized spacial score (nSPS) is 10.4. The van der Waals surface area contributed by atoms with E-state index in [9.17, 15) is 4.39 Å². The van der Waals surface area contributed by atoms with Crippen molar-refractivity contribution in [1.82, 2.24) is 0 Å². The molecule has 2 rings (SSSR count). The number of ether oxygens (including phenoxy) is 1. The number of anilines is 1. The molecule has 0 saturated heterocycles. The second-order valence-electron chi connectivity index (χ2n) is 4.93. The zero-order valence-electron chi connectivity index (χ0n) is 12.3. The molecule has 0 heterocycles. The van der Waals surface area contributed by atoms with Crippen LogP contribution in [-0.4, -0.2) is 26.7 Å². The second-order valence-corrected chi connectivity index (χ2v) is 4.93. The van der Waals surface area contributed by atoms with Crippen molar-refractivity contribution in [3.8, 4) is 5.75 Å². The van der Waals surface area contributed by atoms with Crippen LogP contribution in [0, 0.1) is 5.82 Å². The molecule has 3 nitrogen and oxygen atoms in total. The average Bonchev–Trinajstić information content (AvgIpc) is 2.50. The fraction of sp³-hybridized carbons (Fsp3) is 0.294. The highest BCUT2D eigenvalue weighted by Gasteiger charge is 2.02. The zero-order chi connectivity index (χ0) is 15.1. The van der Waals surface area contributed by atoms with E-state index in [1.54, 1.807) is 12.1 Å². The van der Waals surface area contributed by atoms with Gasteiger partial charge in [0.2, 0.25) is 0 Å². The third-order valence-electron chi connectivity index (χ3n) is 3.32. The summed E-state index contributed by atoms with van der Waals surface area (Å²) in [7, 11) is 1.96. The van der Waals surface area contributed by atoms with Crippen LogP contribution in [0.3, 0.4) is 0 Å². The summed E-state index contributed by atoms with van der Waals surface area (Å²) in [6.07, 6.45) is 0.883. The molecule has 4 heteroatoms. The summed E-state index contributed by atoms with van der Waals surface area (Å²) < 4.78 is 18.6. The molecular formula is C17H21FN2O. The minimum atomic E-state index is -0.221. The lowest BCUT2D eigenvalue weighted by atomic mass is 10.1. The van der Waals surface area contributed by atoms with Crippen LogP contribution in [-0.2, 0) is 6.42 Å². The quantitative estimate of drug-likeness (QED) is 0.851. The van der Waals surface area contributed by atoms with Gasteiger partial charge in [0, 0.05) is 12.7 Å². The predicted octanol–water partition coefficient (Wildman–Crippen LogP) is 2.84. The second kappa shape index (κ2) is 7.64. The smallest absolute Gasteiger partial charge is 0.123 e. The number of benzene rings is 2. The van der Waals surface area contributed by atoms with E-state index in [2.05, 4.69) is 0 Å². The van der Waals surface area contributed by atoms with Crippen LogP contribution in [0.15, 0.2) is 48.5 Å². The molecule has 2 N–H and O–H groups in total. The Kier molecular flexibility index (Phi) is 5.58. The molecule has 0 saturated carbocycles. The predicted molar refractivity (Wildman–Crippen MR) is 84.4 cm³/mol. The fourth-order valence-corrected chi connectivity index (χ4v) is 2.04. The standard InChI is InChI=1S/C17H21FN2O/c1-20(16-6-4-15(18)5-7-16)12-13-21-17-8-2-14(3-9-17)10-11-19/h2-9H,10-13,19H2,1H3. The van der Waals surface area contributed by atoms with Crippen LogP contribution in [0.25, 0.3) is 0 Å². The number of nitrogens with zero attached hydrogens (tertiary/aromatic N) is 1. The molecule has 0 radical (unpaired) electrons. The van der Waals surface area contributed by atoms with Gasteiger partial charge < -0.3 is 15.4 Å². The van der Waals surface area contributed by atoms with Gasteiger partial charge in [0.15, 0.2) is 0 Å². The Morgan fingerprint density at radius 1 is 1.05 bits per heavy atom. The summed E-state index contributed by atoms with van der Waals surface area (Å²) in [5.41, 5.74) is 7.70. The number of nitrogens with two attached hydrogens (primary N) is 1. The minimum absolute atomic E-state index is 0.221. The molecule has 0 spiro atoms. The molecule has 0 atom stereocenters. The SMILES string of the molecule is CN(CCOc1ccc(CCN)cc1)c1ccc(F)cc1. The van der Waals surface area contributed by atoms with Crippen molar-refractivity contribution in [3.05, 3.63) is 59.9 Å². The summed E-state index contributed by atoms with van der Waals surface area (Å²) in [4.78, 5) is 2.03. The Hall–Kier alpha value is -2.07. The Morgan fingerprint density at radius 3 is 2.33 bits per heavy atom. The van der Waals surface area contributed by atoms with E-state index in [-0.39, 0.29) is 5.82 Å². The van der Waals surface area contributed by atoms with Gasteiger partial charge in [-0.15, -0.1) is 0 Å². The molecule has 0 amide bonds. The van der Waals surface area contributed by atoms with Crippen molar-refractivity contribution < 1.29 is 9.13 Å². The third-order valence-corrected chi connectivity index (χ3v) is 3.32.